The highest BCUT2D eigenvalue weighted by Crippen LogP contribution is 2.21. The van der Waals surface area contributed by atoms with E-state index in [0.29, 0.717) is 6.61 Å². The van der Waals surface area contributed by atoms with Crippen molar-refractivity contribution in [2.75, 3.05) is 27.2 Å². The highest BCUT2D eigenvalue weighted by atomic mass is 19.1. The average molecular weight is 371 g/mol. The van der Waals surface area contributed by atoms with Crippen LogP contribution in [0, 0.1) is 5.82 Å². The number of rotatable bonds is 8. The van der Waals surface area contributed by atoms with Crippen LogP contribution in [0.15, 0.2) is 43.0 Å². The number of hydrogen-bond donors (Lipinski definition) is 1. The van der Waals surface area contributed by atoms with E-state index in [1.54, 1.807) is 6.08 Å². The number of H-pyrrole nitrogens is 1. The minimum Gasteiger partial charge on any atom is -0.376 e. The maximum atomic E-state index is 13.0. The highest BCUT2D eigenvalue weighted by Gasteiger charge is 2.24. The molecule has 2 heterocycles. The number of hydrogen-bond acceptors (Lipinski definition) is 5. The van der Waals surface area contributed by atoms with Crippen LogP contribution < -0.4 is 0 Å². The second kappa shape index (κ2) is 8.92. The molecular formula is C20H26FN5O. The Bertz CT molecular complexity index is 784. The number of ether oxygens (including phenoxy) is 1. The van der Waals surface area contributed by atoms with E-state index in [-0.39, 0.29) is 11.9 Å². The molecule has 0 spiro atoms. The number of aromatic nitrogens is 3. The fourth-order valence-electron chi connectivity index (χ4n) is 3.23. The molecule has 1 aromatic heterocycles. The van der Waals surface area contributed by atoms with Crippen molar-refractivity contribution in [1.29, 1.82) is 0 Å². The molecule has 6 nitrogen and oxygen atoms in total. The number of allylic oxidation sites excluding steroid dienone is 2. The minimum atomic E-state index is -0.201. The SMILES string of the molecule is C=C/C=C(/c1n[nH]nc1COC1CCN(Cc2ccc(F)cc2)C1)N(C)C. The quantitative estimate of drug-likeness (QED) is 0.723. The van der Waals surface area contributed by atoms with Crippen molar-refractivity contribution in [1.82, 2.24) is 25.2 Å². The molecule has 1 aliphatic rings. The van der Waals surface area contributed by atoms with Crippen molar-refractivity contribution >= 4 is 5.70 Å². The van der Waals surface area contributed by atoms with Gasteiger partial charge in [-0.1, -0.05) is 24.8 Å². The zero-order chi connectivity index (χ0) is 19.2. The second-order valence-corrected chi connectivity index (χ2v) is 6.88. The molecule has 1 fully saturated rings. The van der Waals surface area contributed by atoms with Crippen molar-refractivity contribution in [3.8, 4) is 0 Å². The molecule has 1 aliphatic heterocycles. The predicted molar refractivity (Wildman–Crippen MR) is 103 cm³/mol. The molecule has 0 bridgehead atoms. The monoisotopic (exact) mass is 371 g/mol. The summed E-state index contributed by atoms with van der Waals surface area (Å²) >= 11 is 0. The van der Waals surface area contributed by atoms with Crippen LogP contribution in [0.1, 0.15) is 23.4 Å². The third-order valence-corrected chi connectivity index (χ3v) is 4.62. The van der Waals surface area contributed by atoms with Crippen LogP contribution in [0.2, 0.25) is 0 Å². The summed E-state index contributed by atoms with van der Waals surface area (Å²) in [7, 11) is 3.91. The number of halogens is 1. The van der Waals surface area contributed by atoms with E-state index in [1.165, 1.54) is 12.1 Å². The summed E-state index contributed by atoms with van der Waals surface area (Å²) in [4.78, 5) is 4.30. The molecule has 0 amide bonds. The Morgan fingerprint density at radius 2 is 2.15 bits per heavy atom. The van der Waals surface area contributed by atoms with Crippen LogP contribution in [-0.4, -0.2) is 58.5 Å². The molecule has 7 heteroatoms. The summed E-state index contributed by atoms with van der Waals surface area (Å²) in [6.07, 6.45) is 4.76. The normalized spacial score (nSPS) is 18.0. The number of nitrogens with zero attached hydrogens (tertiary/aromatic N) is 4. The van der Waals surface area contributed by atoms with Crippen LogP contribution in [0.5, 0.6) is 0 Å². The maximum Gasteiger partial charge on any atom is 0.134 e. The standard InChI is InChI=1S/C20H26FN5O/c1-4-5-19(25(2)3)20-18(22-24-23-20)14-27-17-10-11-26(13-17)12-15-6-8-16(21)9-7-15/h4-9,17H,1,10-14H2,2-3H3,(H,22,23,24)/b19-5-. The van der Waals surface area contributed by atoms with Crippen LogP contribution in [-0.2, 0) is 17.9 Å². The van der Waals surface area contributed by atoms with Gasteiger partial charge in [0.25, 0.3) is 0 Å². The van der Waals surface area contributed by atoms with Gasteiger partial charge in [-0.3, -0.25) is 4.90 Å². The first-order valence-corrected chi connectivity index (χ1v) is 9.05. The van der Waals surface area contributed by atoms with Gasteiger partial charge in [0.15, 0.2) is 0 Å². The van der Waals surface area contributed by atoms with Gasteiger partial charge in [0.2, 0.25) is 0 Å². The fourth-order valence-corrected chi connectivity index (χ4v) is 3.23. The molecule has 1 aromatic carbocycles. The number of nitrogens with one attached hydrogen (secondary N) is 1. The van der Waals surface area contributed by atoms with Gasteiger partial charge in [-0.2, -0.15) is 15.4 Å². The van der Waals surface area contributed by atoms with E-state index in [2.05, 4.69) is 26.9 Å². The molecule has 144 valence electrons. The van der Waals surface area contributed by atoms with Crippen molar-refractivity contribution < 1.29 is 9.13 Å². The van der Waals surface area contributed by atoms with Gasteiger partial charge in [0, 0.05) is 33.7 Å². The molecular weight excluding hydrogens is 345 g/mol. The van der Waals surface area contributed by atoms with Crippen molar-refractivity contribution in [2.45, 2.75) is 25.7 Å². The third kappa shape index (κ3) is 5.02. The van der Waals surface area contributed by atoms with E-state index in [1.807, 2.05) is 37.2 Å². The van der Waals surface area contributed by atoms with Crippen LogP contribution >= 0.6 is 0 Å². The van der Waals surface area contributed by atoms with Gasteiger partial charge in [0.1, 0.15) is 17.2 Å². The molecule has 0 saturated carbocycles. The summed E-state index contributed by atoms with van der Waals surface area (Å²) in [6, 6.07) is 6.68. The smallest absolute Gasteiger partial charge is 0.134 e. The van der Waals surface area contributed by atoms with Crippen molar-refractivity contribution in [2.24, 2.45) is 0 Å². The van der Waals surface area contributed by atoms with Gasteiger partial charge in [-0.15, -0.1) is 0 Å². The van der Waals surface area contributed by atoms with Crippen molar-refractivity contribution in [3.63, 3.8) is 0 Å². The molecule has 1 saturated heterocycles. The van der Waals surface area contributed by atoms with E-state index < -0.39 is 0 Å². The second-order valence-electron chi connectivity index (χ2n) is 6.88. The van der Waals surface area contributed by atoms with E-state index in [4.69, 9.17) is 4.74 Å². The van der Waals surface area contributed by atoms with Gasteiger partial charge in [-0.05, 0) is 30.2 Å². The lowest BCUT2D eigenvalue weighted by molar-refractivity contribution is 0.0441. The third-order valence-electron chi connectivity index (χ3n) is 4.62. The molecule has 1 N–H and O–H groups in total. The number of aromatic amines is 1. The summed E-state index contributed by atoms with van der Waals surface area (Å²) in [5.74, 6) is -0.201. The van der Waals surface area contributed by atoms with Gasteiger partial charge < -0.3 is 9.64 Å². The van der Waals surface area contributed by atoms with Gasteiger partial charge in [0.05, 0.1) is 18.4 Å². The lowest BCUT2D eigenvalue weighted by atomic mass is 10.2. The number of likely N-dealkylation sites (tertiary alicyclic amines) is 1. The number of benzene rings is 1. The Labute approximate surface area is 159 Å². The van der Waals surface area contributed by atoms with Crippen LogP contribution in [0.4, 0.5) is 4.39 Å². The molecule has 27 heavy (non-hydrogen) atoms. The van der Waals surface area contributed by atoms with Crippen LogP contribution in [0.3, 0.4) is 0 Å². The molecule has 0 aliphatic carbocycles. The van der Waals surface area contributed by atoms with Gasteiger partial charge >= 0.3 is 0 Å². The Morgan fingerprint density at radius 3 is 2.85 bits per heavy atom. The highest BCUT2D eigenvalue weighted by molar-refractivity contribution is 5.63. The Kier molecular flexibility index (Phi) is 6.36. The van der Waals surface area contributed by atoms with E-state index in [9.17, 15) is 4.39 Å². The Hall–Kier alpha value is -2.51. The Morgan fingerprint density at radius 1 is 1.37 bits per heavy atom. The summed E-state index contributed by atoms with van der Waals surface area (Å²) in [5.41, 5.74) is 3.61. The van der Waals surface area contributed by atoms with E-state index in [0.717, 1.165) is 48.7 Å². The summed E-state index contributed by atoms with van der Waals surface area (Å²) < 4.78 is 19.1. The molecule has 2 aromatic rings. The van der Waals surface area contributed by atoms with Crippen LogP contribution in [0.25, 0.3) is 5.70 Å². The maximum absolute atomic E-state index is 13.0. The average Bonchev–Trinajstić information content (AvgIpc) is 3.29. The zero-order valence-electron chi connectivity index (χ0n) is 15.9. The molecule has 1 atom stereocenters. The first-order valence-electron chi connectivity index (χ1n) is 9.05. The zero-order valence-corrected chi connectivity index (χ0v) is 15.9. The first-order chi connectivity index (χ1) is 13.1. The lowest BCUT2D eigenvalue weighted by Gasteiger charge is -2.17. The lowest BCUT2D eigenvalue weighted by Crippen LogP contribution is -2.23. The van der Waals surface area contributed by atoms with Gasteiger partial charge in [-0.25, -0.2) is 4.39 Å². The molecule has 3 rings (SSSR count). The first kappa shape index (κ1) is 19.3. The summed E-state index contributed by atoms with van der Waals surface area (Å²) in [5, 5.41) is 11.2. The Balaban J connectivity index is 1.54. The largest absolute Gasteiger partial charge is 0.376 e. The molecule has 1 unspecified atom stereocenters. The topological polar surface area (TPSA) is 57.3 Å². The van der Waals surface area contributed by atoms with E-state index >= 15 is 0 Å². The van der Waals surface area contributed by atoms with Crippen molar-refractivity contribution in [3.05, 3.63) is 65.8 Å². The molecule has 0 radical (unpaired) electrons. The predicted octanol–water partition coefficient (Wildman–Crippen LogP) is 2.82. The minimum absolute atomic E-state index is 0.154. The fraction of sp³-hybridized carbons (Fsp3) is 0.400. The summed E-state index contributed by atoms with van der Waals surface area (Å²) in [6.45, 7) is 6.79.